The summed E-state index contributed by atoms with van der Waals surface area (Å²) in [5, 5.41) is 0. The summed E-state index contributed by atoms with van der Waals surface area (Å²) >= 11 is 0. The molecule has 0 atom stereocenters. The maximum absolute atomic E-state index is 2.29. The minimum absolute atomic E-state index is 0.181. The molecule has 0 spiro atoms. The third-order valence-corrected chi connectivity index (χ3v) is 3.57. The Morgan fingerprint density at radius 3 is 2.26 bits per heavy atom. The number of fused-ring (bicyclic) bond motifs is 1. The first kappa shape index (κ1) is 12.0. The van der Waals surface area contributed by atoms with Gasteiger partial charge in [-0.15, -0.1) is 0 Å². The molecule has 0 aliphatic carbocycles. The Balaban J connectivity index is 2.24. The van der Waals surface area contributed by atoms with E-state index in [1.807, 2.05) is 0 Å². The lowest BCUT2D eigenvalue weighted by molar-refractivity contribution is 0.590. The summed E-state index contributed by atoms with van der Waals surface area (Å²) < 4.78 is 2.29. The van der Waals surface area contributed by atoms with Crippen LogP contribution in [0.5, 0.6) is 0 Å². The first-order chi connectivity index (χ1) is 9.05. The Hall–Kier alpha value is -2.02. The van der Waals surface area contributed by atoms with Gasteiger partial charge < -0.3 is 4.40 Å². The molecule has 2 aromatic heterocycles. The highest BCUT2D eigenvalue weighted by Crippen LogP contribution is 2.28. The Morgan fingerprint density at radius 1 is 0.842 bits per heavy atom. The number of hydrogen-bond donors (Lipinski definition) is 0. The van der Waals surface area contributed by atoms with Crippen molar-refractivity contribution in [1.29, 1.82) is 0 Å². The zero-order chi connectivity index (χ0) is 13.5. The summed E-state index contributed by atoms with van der Waals surface area (Å²) in [7, 11) is 0. The van der Waals surface area contributed by atoms with E-state index in [1.165, 1.54) is 22.3 Å². The monoisotopic (exact) mass is 249 g/mol. The number of hydrogen-bond acceptors (Lipinski definition) is 0. The predicted octanol–water partition coefficient (Wildman–Crippen LogP) is 4.90. The summed E-state index contributed by atoms with van der Waals surface area (Å²) in [5.74, 6) is 0. The van der Waals surface area contributed by atoms with Crippen LogP contribution >= 0.6 is 0 Å². The molecule has 0 fully saturated rings. The van der Waals surface area contributed by atoms with Crippen LogP contribution in [0.25, 0.3) is 16.8 Å². The van der Waals surface area contributed by atoms with E-state index in [-0.39, 0.29) is 5.41 Å². The zero-order valence-electron chi connectivity index (χ0n) is 11.7. The van der Waals surface area contributed by atoms with Crippen molar-refractivity contribution < 1.29 is 0 Å². The Kier molecular flexibility index (Phi) is 2.70. The smallest absolute Gasteiger partial charge is 0.0527 e. The molecular formula is C18H19N. The van der Waals surface area contributed by atoms with Crippen LogP contribution in [-0.4, -0.2) is 4.40 Å². The quantitative estimate of drug-likeness (QED) is 0.577. The van der Waals surface area contributed by atoms with E-state index in [9.17, 15) is 0 Å². The highest BCUT2D eigenvalue weighted by molar-refractivity contribution is 5.66. The third kappa shape index (κ3) is 2.17. The Labute approximate surface area is 114 Å². The van der Waals surface area contributed by atoms with Gasteiger partial charge in [0, 0.05) is 11.7 Å². The summed E-state index contributed by atoms with van der Waals surface area (Å²) in [6.45, 7) is 6.76. The Bertz CT molecular complexity index is 699. The fourth-order valence-electron chi connectivity index (χ4n) is 2.39. The summed E-state index contributed by atoms with van der Waals surface area (Å²) in [4.78, 5) is 0. The minimum atomic E-state index is 0.181. The van der Waals surface area contributed by atoms with Crippen molar-refractivity contribution in [3.05, 3.63) is 66.4 Å². The van der Waals surface area contributed by atoms with Crippen LogP contribution in [0.2, 0.25) is 0 Å². The van der Waals surface area contributed by atoms with Crippen LogP contribution in [0.1, 0.15) is 26.3 Å². The fourth-order valence-corrected chi connectivity index (χ4v) is 2.39. The maximum atomic E-state index is 2.29. The van der Waals surface area contributed by atoms with Crippen LogP contribution in [0.15, 0.2) is 60.8 Å². The molecule has 96 valence electrons. The second kappa shape index (κ2) is 4.27. The van der Waals surface area contributed by atoms with Crippen molar-refractivity contribution >= 4 is 5.52 Å². The van der Waals surface area contributed by atoms with Crippen LogP contribution in [0.4, 0.5) is 0 Å². The highest BCUT2D eigenvalue weighted by atomic mass is 14.9. The van der Waals surface area contributed by atoms with E-state index in [4.69, 9.17) is 0 Å². The van der Waals surface area contributed by atoms with Crippen molar-refractivity contribution in [2.24, 2.45) is 0 Å². The summed E-state index contributed by atoms with van der Waals surface area (Å²) in [6, 6.07) is 19.3. The largest absolute Gasteiger partial charge is 0.316 e. The fraction of sp³-hybridized carbons (Fsp3) is 0.222. The molecule has 0 saturated heterocycles. The molecule has 0 aliphatic heterocycles. The van der Waals surface area contributed by atoms with Gasteiger partial charge in [0.25, 0.3) is 0 Å². The van der Waals surface area contributed by atoms with E-state index >= 15 is 0 Å². The predicted molar refractivity (Wildman–Crippen MR) is 81.5 cm³/mol. The van der Waals surface area contributed by atoms with Crippen LogP contribution in [0.3, 0.4) is 0 Å². The molecule has 3 rings (SSSR count). The number of pyridine rings is 1. The average Bonchev–Trinajstić information content (AvgIpc) is 2.83. The van der Waals surface area contributed by atoms with E-state index in [0.29, 0.717) is 0 Å². The number of rotatable bonds is 1. The van der Waals surface area contributed by atoms with Crippen molar-refractivity contribution in [2.45, 2.75) is 26.2 Å². The van der Waals surface area contributed by atoms with Crippen molar-refractivity contribution in [3.8, 4) is 11.3 Å². The molecular weight excluding hydrogens is 230 g/mol. The van der Waals surface area contributed by atoms with Gasteiger partial charge in [0.2, 0.25) is 0 Å². The lowest BCUT2D eigenvalue weighted by atomic mass is 9.89. The number of aromatic nitrogens is 1. The van der Waals surface area contributed by atoms with Gasteiger partial charge in [-0.3, -0.25) is 0 Å². The molecule has 1 nitrogen and oxygen atoms in total. The van der Waals surface area contributed by atoms with Gasteiger partial charge in [-0.25, -0.2) is 0 Å². The highest BCUT2D eigenvalue weighted by Gasteiger charge is 2.16. The molecule has 2 heterocycles. The number of benzene rings is 1. The molecule has 3 aromatic rings. The zero-order valence-corrected chi connectivity index (χ0v) is 11.7. The van der Waals surface area contributed by atoms with Gasteiger partial charge in [-0.2, -0.15) is 0 Å². The molecule has 0 N–H and O–H groups in total. The average molecular weight is 249 g/mol. The van der Waals surface area contributed by atoms with E-state index < -0.39 is 0 Å². The molecule has 0 aliphatic rings. The van der Waals surface area contributed by atoms with Crippen LogP contribution in [0, 0.1) is 0 Å². The summed E-state index contributed by atoms with van der Waals surface area (Å²) in [6.07, 6.45) is 2.26. The van der Waals surface area contributed by atoms with E-state index in [2.05, 4.69) is 86.0 Å². The maximum Gasteiger partial charge on any atom is 0.0527 e. The van der Waals surface area contributed by atoms with Gasteiger partial charge in [0.1, 0.15) is 0 Å². The van der Waals surface area contributed by atoms with Crippen molar-refractivity contribution in [2.75, 3.05) is 0 Å². The first-order valence-corrected chi connectivity index (χ1v) is 6.73. The van der Waals surface area contributed by atoms with Gasteiger partial charge in [0.15, 0.2) is 0 Å². The minimum Gasteiger partial charge on any atom is -0.316 e. The van der Waals surface area contributed by atoms with Crippen LogP contribution < -0.4 is 0 Å². The second-order valence-corrected chi connectivity index (χ2v) is 6.05. The van der Waals surface area contributed by atoms with Gasteiger partial charge in [-0.1, -0.05) is 57.2 Å². The second-order valence-electron chi connectivity index (χ2n) is 6.05. The molecule has 0 bridgehead atoms. The lowest BCUT2D eigenvalue weighted by Gasteiger charge is -2.15. The molecule has 0 radical (unpaired) electrons. The first-order valence-electron chi connectivity index (χ1n) is 6.73. The molecule has 19 heavy (non-hydrogen) atoms. The SMILES string of the molecule is CC(C)(C)c1cc2cccc(-c3ccccc3)n2c1. The Morgan fingerprint density at radius 2 is 1.58 bits per heavy atom. The third-order valence-electron chi connectivity index (χ3n) is 3.57. The van der Waals surface area contributed by atoms with Gasteiger partial charge in [-0.05, 0) is 34.7 Å². The standard InChI is InChI=1S/C18H19N/c1-18(2,3)15-12-16-10-7-11-17(19(16)13-15)14-8-5-4-6-9-14/h4-13H,1-3H3. The molecule has 1 aromatic carbocycles. The van der Waals surface area contributed by atoms with Gasteiger partial charge >= 0.3 is 0 Å². The lowest BCUT2D eigenvalue weighted by Crippen LogP contribution is -2.09. The normalized spacial score (nSPS) is 11.9. The molecule has 0 saturated carbocycles. The molecule has 0 amide bonds. The molecule has 1 heteroatoms. The summed E-state index contributed by atoms with van der Waals surface area (Å²) in [5.41, 5.74) is 5.31. The topological polar surface area (TPSA) is 4.41 Å². The van der Waals surface area contributed by atoms with Crippen molar-refractivity contribution in [1.82, 2.24) is 4.40 Å². The van der Waals surface area contributed by atoms with Crippen LogP contribution in [-0.2, 0) is 5.41 Å². The van der Waals surface area contributed by atoms with Crippen molar-refractivity contribution in [3.63, 3.8) is 0 Å². The van der Waals surface area contributed by atoms with E-state index in [1.54, 1.807) is 0 Å². The number of nitrogens with zero attached hydrogens (tertiary/aromatic N) is 1. The van der Waals surface area contributed by atoms with E-state index in [0.717, 1.165) is 0 Å². The molecule has 0 unspecified atom stereocenters. The van der Waals surface area contributed by atoms with Gasteiger partial charge in [0.05, 0.1) is 5.69 Å².